The van der Waals surface area contributed by atoms with Crippen molar-refractivity contribution in [3.8, 4) is 0 Å². The van der Waals surface area contributed by atoms with Crippen LogP contribution in [0, 0.1) is 6.92 Å². The molecular formula is C15H15ClO2S2. The summed E-state index contributed by atoms with van der Waals surface area (Å²) < 4.78 is 24.3. The molecule has 5 heteroatoms. The molecule has 0 fully saturated rings. The molecule has 0 aliphatic carbocycles. The summed E-state index contributed by atoms with van der Waals surface area (Å²) in [6.45, 7) is 2.03. The lowest BCUT2D eigenvalue weighted by atomic mass is 10.2. The van der Waals surface area contributed by atoms with E-state index in [1.165, 1.54) is 5.56 Å². The van der Waals surface area contributed by atoms with Gasteiger partial charge in [0.1, 0.15) is 0 Å². The van der Waals surface area contributed by atoms with Crippen molar-refractivity contribution in [1.82, 2.24) is 0 Å². The Hall–Kier alpha value is -0.970. The number of benzene rings is 2. The highest BCUT2D eigenvalue weighted by atomic mass is 35.5. The topological polar surface area (TPSA) is 34.1 Å². The Morgan fingerprint density at radius 1 is 1.00 bits per heavy atom. The summed E-state index contributed by atoms with van der Waals surface area (Å²) in [4.78, 5) is 1.41. The maximum absolute atomic E-state index is 12.1. The number of sulfone groups is 1. The van der Waals surface area contributed by atoms with E-state index in [4.69, 9.17) is 11.6 Å². The highest BCUT2D eigenvalue weighted by molar-refractivity contribution is 8.00. The van der Waals surface area contributed by atoms with Crippen molar-refractivity contribution in [3.05, 3.63) is 59.1 Å². The molecule has 106 valence electrons. The maximum Gasteiger partial charge on any atom is 0.179 e. The van der Waals surface area contributed by atoms with Crippen LogP contribution in [0.5, 0.6) is 0 Å². The monoisotopic (exact) mass is 326 g/mol. The van der Waals surface area contributed by atoms with Gasteiger partial charge in [-0.15, -0.1) is 11.8 Å². The molecule has 2 rings (SSSR count). The fraction of sp³-hybridized carbons (Fsp3) is 0.200. The molecule has 0 aliphatic heterocycles. The van der Waals surface area contributed by atoms with Crippen LogP contribution in [0.2, 0.25) is 5.02 Å². The van der Waals surface area contributed by atoms with E-state index in [0.717, 1.165) is 4.90 Å². The predicted octanol–water partition coefficient (Wildman–Crippen LogP) is 4.21. The van der Waals surface area contributed by atoms with Crippen LogP contribution in [-0.2, 0) is 9.84 Å². The second-order valence-electron chi connectivity index (χ2n) is 4.43. The van der Waals surface area contributed by atoms with Crippen molar-refractivity contribution in [2.75, 3.05) is 11.5 Å². The zero-order chi connectivity index (χ0) is 14.6. The standard InChI is InChI=1S/C15H15ClO2S2/c1-12-2-6-14(7-3-12)19-10-11-20(17,18)15-8-4-13(16)5-9-15/h2-9H,10-11H2,1H3. The van der Waals surface area contributed by atoms with Crippen LogP contribution in [0.4, 0.5) is 0 Å². The van der Waals surface area contributed by atoms with Crippen LogP contribution >= 0.6 is 23.4 Å². The third kappa shape index (κ3) is 4.27. The Morgan fingerprint density at radius 3 is 2.20 bits per heavy atom. The second-order valence-corrected chi connectivity index (χ2v) is 8.15. The van der Waals surface area contributed by atoms with Crippen molar-refractivity contribution in [2.45, 2.75) is 16.7 Å². The Bertz CT molecular complexity index is 662. The smallest absolute Gasteiger partial charge is 0.179 e. The normalized spacial score (nSPS) is 11.5. The van der Waals surface area contributed by atoms with Crippen LogP contribution in [0.15, 0.2) is 58.3 Å². The molecule has 2 nitrogen and oxygen atoms in total. The first-order valence-corrected chi connectivity index (χ1v) is 9.17. The first-order chi connectivity index (χ1) is 9.47. The minimum absolute atomic E-state index is 0.118. The van der Waals surface area contributed by atoms with Gasteiger partial charge in [0.2, 0.25) is 0 Å². The van der Waals surface area contributed by atoms with Gasteiger partial charge < -0.3 is 0 Å². The molecule has 0 saturated heterocycles. The minimum Gasteiger partial charge on any atom is -0.224 e. The van der Waals surface area contributed by atoms with E-state index >= 15 is 0 Å². The molecule has 0 unspecified atom stereocenters. The van der Waals surface area contributed by atoms with Gasteiger partial charge in [-0.2, -0.15) is 0 Å². The minimum atomic E-state index is -3.23. The van der Waals surface area contributed by atoms with E-state index in [-0.39, 0.29) is 5.75 Å². The SMILES string of the molecule is Cc1ccc(SCCS(=O)(=O)c2ccc(Cl)cc2)cc1. The number of rotatable bonds is 5. The van der Waals surface area contributed by atoms with Gasteiger partial charge in [0.25, 0.3) is 0 Å². The van der Waals surface area contributed by atoms with E-state index < -0.39 is 9.84 Å². The van der Waals surface area contributed by atoms with Crippen LogP contribution < -0.4 is 0 Å². The van der Waals surface area contributed by atoms with E-state index in [0.29, 0.717) is 15.7 Å². The second kappa shape index (κ2) is 6.66. The average molecular weight is 327 g/mol. The molecule has 0 atom stereocenters. The lowest BCUT2D eigenvalue weighted by Gasteiger charge is -2.05. The molecule has 0 aromatic heterocycles. The average Bonchev–Trinajstić information content (AvgIpc) is 2.41. The molecule has 0 bridgehead atoms. The van der Waals surface area contributed by atoms with Gasteiger partial charge in [0.05, 0.1) is 10.6 Å². The number of thioether (sulfide) groups is 1. The van der Waals surface area contributed by atoms with Crippen molar-refractivity contribution in [2.24, 2.45) is 0 Å². The van der Waals surface area contributed by atoms with Gasteiger partial charge in [0.15, 0.2) is 9.84 Å². The first kappa shape index (κ1) is 15.4. The van der Waals surface area contributed by atoms with Gasteiger partial charge in [-0.1, -0.05) is 29.3 Å². The summed E-state index contributed by atoms with van der Waals surface area (Å²) in [5, 5.41) is 0.540. The van der Waals surface area contributed by atoms with E-state index in [1.807, 2.05) is 31.2 Å². The first-order valence-electron chi connectivity index (χ1n) is 6.15. The van der Waals surface area contributed by atoms with Crippen molar-refractivity contribution in [1.29, 1.82) is 0 Å². The summed E-state index contributed by atoms with van der Waals surface area (Å²) in [7, 11) is -3.23. The molecule has 0 heterocycles. The molecule has 0 radical (unpaired) electrons. The molecule has 2 aromatic carbocycles. The summed E-state index contributed by atoms with van der Waals surface area (Å²) in [5.74, 6) is 0.654. The Labute approximate surface area is 129 Å². The zero-order valence-corrected chi connectivity index (χ0v) is 13.4. The molecule has 2 aromatic rings. The van der Waals surface area contributed by atoms with Crippen LogP contribution in [0.1, 0.15) is 5.56 Å². The summed E-state index contributed by atoms with van der Waals surface area (Å²) in [5.41, 5.74) is 1.20. The van der Waals surface area contributed by atoms with E-state index in [9.17, 15) is 8.42 Å². The zero-order valence-electron chi connectivity index (χ0n) is 11.0. The summed E-state index contributed by atoms with van der Waals surface area (Å²) >= 11 is 7.31. The number of aryl methyl sites for hydroxylation is 1. The molecule has 20 heavy (non-hydrogen) atoms. The lowest BCUT2D eigenvalue weighted by molar-refractivity contribution is 0.597. The highest BCUT2D eigenvalue weighted by Gasteiger charge is 2.13. The van der Waals surface area contributed by atoms with E-state index in [1.54, 1.807) is 36.0 Å². The molecule has 0 amide bonds. The van der Waals surface area contributed by atoms with Gasteiger partial charge in [0, 0.05) is 15.7 Å². The fourth-order valence-corrected chi connectivity index (χ4v) is 4.35. The number of hydrogen-bond donors (Lipinski definition) is 0. The van der Waals surface area contributed by atoms with Crippen LogP contribution in [0.25, 0.3) is 0 Å². The van der Waals surface area contributed by atoms with Crippen LogP contribution in [0.3, 0.4) is 0 Å². The van der Waals surface area contributed by atoms with Gasteiger partial charge in [-0.05, 0) is 43.3 Å². The fourth-order valence-electron chi connectivity index (χ4n) is 1.66. The molecule has 0 aliphatic rings. The van der Waals surface area contributed by atoms with Gasteiger partial charge in [-0.3, -0.25) is 0 Å². The van der Waals surface area contributed by atoms with Crippen molar-refractivity contribution < 1.29 is 8.42 Å². The lowest BCUT2D eigenvalue weighted by Crippen LogP contribution is -2.08. The number of hydrogen-bond acceptors (Lipinski definition) is 3. The van der Waals surface area contributed by atoms with Crippen LogP contribution in [-0.4, -0.2) is 19.9 Å². The molecular weight excluding hydrogens is 312 g/mol. The van der Waals surface area contributed by atoms with Crippen molar-refractivity contribution >= 4 is 33.2 Å². The largest absolute Gasteiger partial charge is 0.224 e. The summed E-state index contributed by atoms with van der Waals surface area (Å²) in [6, 6.07) is 14.4. The van der Waals surface area contributed by atoms with E-state index in [2.05, 4.69) is 0 Å². The third-order valence-electron chi connectivity index (χ3n) is 2.81. The molecule has 0 spiro atoms. The molecule has 0 saturated carbocycles. The third-order valence-corrected chi connectivity index (χ3v) is 6.07. The Kier molecular flexibility index (Phi) is 5.13. The predicted molar refractivity (Wildman–Crippen MR) is 85.4 cm³/mol. The maximum atomic E-state index is 12.1. The van der Waals surface area contributed by atoms with Crippen molar-refractivity contribution in [3.63, 3.8) is 0 Å². The molecule has 0 N–H and O–H groups in total. The van der Waals surface area contributed by atoms with Gasteiger partial charge >= 0.3 is 0 Å². The number of halogens is 1. The Morgan fingerprint density at radius 2 is 1.60 bits per heavy atom. The quantitative estimate of drug-likeness (QED) is 0.772. The Balaban J connectivity index is 1.96. The highest BCUT2D eigenvalue weighted by Crippen LogP contribution is 2.21. The summed E-state index contributed by atoms with van der Waals surface area (Å²) in [6.07, 6.45) is 0. The van der Waals surface area contributed by atoms with Gasteiger partial charge in [-0.25, -0.2) is 8.42 Å².